The molecule has 1 aliphatic rings. The molecule has 5 rings (SSSR count). The van der Waals surface area contributed by atoms with E-state index < -0.39 is 0 Å². The lowest BCUT2D eigenvalue weighted by Gasteiger charge is -2.26. The molecule has 0 spiro atoms. The van der Waals surface area contributed by atoms with Crippen molar-refractivity contribution in [2.24, 2.45) is 0 Å². The molecule has 0 saturated carbocycles. The average Bonchev–Trinajstić information content (AvgIpc) is 3.28. The molecule has 0 aromatic carbocycles. The van der Waals surface area contributed by atoms with Crippen molar-refractivity contribution >= 4 is 16.7 Å². The Morgan fingerprint density at radius 1 is 1.04 bits per heavy atom. The number of pyridine rings is 1. The predicted molar refractivity (Wildman–Crippen MR) is 106 cm³/mol. The van der Waals surface area contributed by atoms with Crippen LogP contribution in [0.1, 0.15) is 11.3 Å². The summed E-state index contributed by atoms with van der Waals surface area (Å²) < 4.78 is 9.51. The third kappa shape index (κ3) is 2.85. The second-order valence-electron chi connectivity index (χ2n) is 7.18. The molecule has 28 heavy (non-hydrogen) atoms. The van der Waals surface area contributed by atoms with Crippen LogP contribution in [0.3, 0.4) is 0 Å². The maximum absolute atomic E-state index is 5.45. The Hall–Kier alpha value is -2.84. The molecular weight excluding hydrogens is 354 g/mol. The summed E-state index contributed by atoms with van der Waals surface area (Å²) in [6.45, 7) is 9.81. The Morgan fingerprint density at radius 2 is 1.89 bits per heavy atom. The van der Waals surface area contributed by atoms with Gasteiger partial charge in [0.15, 0.2) is 5.65 Å². The van der Waals surface area contributed by atoms with E-state index in [1.54, 1.807) is 17.0 Å². The number of nitrogens with zero attached hydrogens (tertiary/aromatic N) is 7. The van der Waals surface area contributed by atoms with Gasteiger partial charge in [-0.05, 0) is 31.5 Å². The summed E-state index contributed by atoms with van der Waals surface area (Å²) in [6, 6.07) is 5.76. The Kier molecular flexibility index (Phi) is 4.29. The van der Waals surface area contributed by atoms with Gasteiger partial charge in [0.05, 0.1) is 18.6 Å². The summed E-state index contributed by atoms with van der Waals surface area (Å²) in [7, 11) is 0. The number of aromatic nitrogens is 6. The number of hydrogen-bond donors (Lipinski definition) is 0. The number of rotatable bonds is 4. The molecule has 4 aromatic rings. The van der Waals surface area contributed by atoms with Gasteiger partial charge in [0.25, 0.3) is 0 Å². The number of ether oxygens (including phenoxy) is 1. The van der Waals surface area contributed by atoms with Crippen molar-refractivity contribution in [1.29, 1.82) is 0 Å². The lowest BCUT2D eigenvalue weighted by atomic mass is 10.2. The number of fused-ring (bicyclic) bond motifs is 3. The van der Waals surface area contributed by atoms with Crippen LogP contribution in [0.5, 0.6) is 0 Å². The van der Waals surface area contributed by atoms with Crippen LogP contribution in [-0.4, -0.2) is 66.9 Å². The fourth-order valence-corrected chi connectivity index (χ4v) is 3.87. The summed E-state index contributed by atoms with van der Waals surface area (Å²) in [5.41, 5.74) is 4.99. The van der Waals surface area contributed by atoms with Crippen molar-refractivity contribution < 1.29 is 4.74 Å². The average molecular weight is 377 g/mol. The SMILES string of the molecule is Cc1c(C)n(CCN2CCOCC2)c2ncn3nc(-c4ccccn4)nc3c12. The molecule has 0 radical (unpaired) electrons. The monoisotopic (exact) mass is 377 g/mol. The Bertz CT molecular complexity index is 1130. The molecular formula is C20H23N7O. The molecule has 4 aromatic heterocycles. The van der Waals surface area contributed by atoms with Crippen LogP contribution in [0.4, 0.5) is 0 Å². The van der Waals surface area contributed by atoms with Crippen molar-refractivity contribution in [3.8, 4) is 11.5 Å². The summed E-state index contributed by atoms with van der Waals surface area (Å²) in [5, 5.41) is 5.65. The topological polar surface area (TPSA) is 73.4 Å². The first kappa shape index (κ1) is 17.3. The normalized spacial score (nSPS) is 15.6. The van der Waals surface area contributed by atoms with Crippen LogP contribution in [0, 0.1) is 13.8 Å². The van der Waals surface area contributed by atoms with Crippen LogP contribution in [0.25, 0.3) is 28.2 Å². The predicted octanol–water partition coefficient (Wildman–Crippen LogP) is 2.09. The van der Waals surface area contributed by atoms with Gasteiger partial charge in [0.1, 0.15) is 17.7 Å². The van der Waals surface area contributed by atoms with E-state index in [4.69, 9.17) is 14.7 Å². The van der Waals surface area contributed by atoms with E-state index in [2.05, 4.69) is 33.4 Å². The highest BCUT2D eigenvalue weighted by atomic mass is 16.5. The molecule has 8 nitrogen and oxygen atoms in total. The van der Waals surface area contributed by atoms with E-state index in [0.717, 1.165) is 61.8 Å². The minimum atomic E-state index is 0.619. The van der Waals surface area contributed by atoms with E-state index in [0.29, 0.717) is 5.82 Å². The molecule has 144 valence electrons. The standard InChI is InChI=1S/C20H23N7O/c1-14-15(2)26(8-7-25-9-11-28-12-10-25)19-17(14)20-23-18(24-27(20)13-22-19)16-5-3-4-6-21-16/h3-6,13H,7-12H2,1-2H3. The lowest BCUT2D eigenvalue weighted by molar-refractivity contribution is 0.0364. The highest BCUT2D eigenvalue weighted by molar-refractivity contribution is 5.94. The Labute approximate surface area is 162 Å². The zero-order valence-electron chi connectivity index (χ0n) is 16.2. The van der Waals surface area contributed by atoms with Gasteiger partial charge in [-0.15, -0.1) is 5.10 Å². The van der Waals surface area contributed by atoms with Gasteiger partial charge in [-0.25, -0.2) is 14.5 Å². The second kappa shape index (κ2) is 6.96. The lowest BCUT2D eigenvalue weighted by Crippen LogP contribution is -2.38. The first-order chi connectivity index (χ1) is 13.7. The maximum atomic E-state index is 5.45. The molecule has 0 unspecified atom stereocenters. The van der Waals surface area contributed by atoms with Crippen molar-refractivity contribution in [1.82, 2.24) is 34.0 Å². The fraction of sp³-hybridized carbons (Fsp3) is 0.400. The van der Waals surface area contributed by atoms with Crippen molar-refractivity contribution in [2.75, 3.05) is 32.8 Å². The quantitative estimate of drug-likeness (QED) is 0.542. The van der Waals surface area contributed by atoms with Gasteiger partial charge >= 0.3 is 0 Å². The number of morpholine rings is 1. The van der Waals surface area contributed by atoms with E-state index >= 15 is 0 Å². The Morgan fingerprint density at radius 3 is 2.68 bits per heavy atom. The van der Waals surface area contributed by atoms with Crippen molar-refractivity contribution in [3.63, 3.8) is 0 Å². The zero-order chi connectivity index (χ0) is 19.1. The van der Waals surface area contributed by atoms with Crippen LogP contribution in [-0.2, 0) is 11.3 Å². The number of hydrogen-bond acceptors (Lipinski definition) is 6. The van der Waals surface area contributed by atoms with Crippen molar-refractivity contribution in [3.05, 3.63) is 42.0 Å². The first-order valence-electron chi connectivity index (χ1n) is 9.64. The minimum absolute atomic E-state index is 0.619. The summed E-state index contributed by atoms with van der Waals surface area (Å²) in [6.07, 6.45) is 3.51. The summed E-state index contributed by atoms with van der Waals surface area (Å²) in [5.74, 6) is 0.619. The summed E-state index contributed by atoms with van der Waals surface area (Å²) >= 11 is 0. The van der Waals surface area contributed by atoms with E-state index in [-0.39, 0.29) is 0 Å². The third-order valence-corrected chi connectivity index (χ3v) is 5.58. The smallest absolute Gasteiger partial charge is 0.200 e. The molecule has 0 aliphatic carbocycles. The van der Waals surface area contributed by atoms with Crippen LogP contribution in [0.15, 0.2) is 30.7 Å². The minimum Gasteiger partial charge on any atom is -0.379 e. The highest BCUT2D eigenvalue weighted by Gasteiger charge is 2.19. The van der Waals surface area contributed by atoms with Crippen LogP contribution in [0.2, 0.25) is 0 Å². The van der Waals surface area contributed by atoms with Crippen LogP contribution < -0.4 is 0 Å². The fourth-order valence-electron chi connectivity index (χ4n) is 3.87. The molecule has 1 aliphatic heterocycles. The molecule has 5 heterocycles. The van der Waals surface area contributed by atoms with E-state index in [1.807, 2.05) is 18.2 Å². The Balaban J connectivity index is 1.56. The van der Waals surface area contributed by atoms with Gasteiger partial charge in [-0.3, -0.25) is 9.88 Å². The summed E-state index contributed by atoms with van der Waals surface area (Å²) in [4.78, 5) is 16.3. The van der Waals surface area contributed by atoms with E-state index in [9.17, 15) is 0 Å². The molecule has 0 bridgehead atoms. The molecule has 1 fully saturated rings. The third-order valence-electron chi connectivity index (χ3n) is 5.58. The molecule has 0 amide bonds. The van der Waals surface area contributed by atoms with Gasteiger partial charge < -0.3 is 9.30 Å². The molecule has 0 N–H and O–H groups in total. The first-order valence-corrected chi connectivity index (χ1v) is 9.64. The largest absolute Gasteiger partial charge is 0.379 e. The molecule has 1 saturated heterocycles. The number of aryl methyl sites for hydroxylation is 1. The molecule has 8 heteroatoms. The maximum Gasteiger partial charge on any atom is 0.200 e. The zero-order valence-corrected chi connectivity index (χ0v) is 16.2. The van der Waals surface area contributed by atoms with Gasteiger partial charge in [0, 0.05) is 38.1 Å². The van der Waals surface area contributed by atoms with Crippen molar-refractivity contribution in [2.45, 2.75) is 20.4 Å². The highest BCUT2D eigenvalue weighted by Crippen LogP contribution is 2.27. The van der Waals surface area contributed by atoms with Gasteiger partial charge in [0.2, 0.25) is 5.82 Å². The van der Waals surface area contributed by atoms with Crippen LogP contribution >= 0.6 is 0 Å². The second-order valence-corrected chi connectivity index (χ2v) is 7.18. The van der Waals surface area contributed by atoms with Gasteiger partial charge in [-0.1, -0.05) is 6.07 Å². The van der Waals surface area contributed by atoms with E-state index in [1.165, 1.54) is 11.3 Å². The molecule has 0 atom stereocenters. The van der Waals surface area contributed by atoms with Gasteiger partial charge in [-0.2, -0.15) is 0 Å².